The van der Waals surface area contributed by atoms with Gasteiger partial charge in [0.2, 0.25) is 10.0 Å². The lowest BCUT2D eigenvalue weighted by Gasteiger charge is -2.32. The molecule has 0 bridgehead atoms. The highest BCUT2D eigenvalue weighted by Gasteiger charge is 2.46. The quantitative estimate of drug-likeness (QED) is 0.598. The first-order valence-corrected chi connectivity index (χ1v) is 12.2. The number of urea groups is 1. The van der Waals surface area contributed by atoms with E-state index >= 15 is 0 Å². The van der Waals surface area contributed by atoms with E-state index in [9.17, 15) is 22.4 Å². The number of sulfonamides is 1. The largest absolute Gasteiger partial charge is 0.350 e. The molecule has 31 heavy (non-hydrogen) atoms. The highest BCUT2D eigenvalue weighted by Crippen LogP contribution is 2.23. The van der Waals surface area contributed by atoms with Crippen LogP contribution < -0.4 is 16.4 Å². The molecule has 2 fully saturated rings. The SMILES string of the molecule is CCCS(=O)(=O)N1CCN(C(=O)Nc2cccc(F)c2)C1C(=O)NC1CCC(N)CC1. The molecule has 1 aromatic rings. The van der Waals surface area contributed by atoms with E-state index in [2.05, 4.69) is 10.6 Å². The minimum Gasteiger partial charge on any atom is -0.350 e. The van der Waals surface area contributed by atoms with E-state index in [-0.39, 0.29) is 36.6 Å². The Morgan fingerprint density at radius 3 is 2.55 bits per heavy atom. The fourth-order valence-corrected chi connectivity index (χ4v) is 5.68. The van der Waals surface area contributed by atoms with Gasteiger partial charge in [0.1, 0.15) is 5.82 Å². The number of anilines is 1. The fourth-order valence-electron chi connectivity index (χ4n) is 4.06. The van der Waals surface area contributed by atoms with Gasteiger partial charge in [-0.3, -0.25) is 9.69 Å². The Bertz CT molecular complexity index is 905. The van der Waals surface area contributed by atoms with Gasteiger partial charge in [-0.15, -0.1) is 0 Å². The Hall–Kier alpha value is -2.24. The second-order valence-electron chi connectivity index (χ2n) is 8.05. The third kappa shape index (κ3) is 5.72. The molecule has 9 nitrogen and oxygen atoms in total. The maximum Gasteiger partial charge on any atom is 0.323 e. The van der Waals surface area contributed by atoms with Crippen LogP contribution in [0.3, 0.4) is 0 Å². The second kappa shape index (κ2) is 9.92. The first-order valence-electron chi connectivity index (χ1n) is 10.6. The second-order valence-corrected chi connectivity index (χ2v) is 10.1. The summed E-state index contributed by atoms with van der Waals surface area (Å²) in [5, 5.41) is 5.45. The van der Waals surface area contributed by atoms with E-state index < -0.39 is 33.9 Å². The van der Waals surface area contributed by atoms with Crippen LogP contribution in [0.5, 0.6) is 0 Å². The molecule has 1 unspecified atom stereocenters. The molecule has 3 amide bonds. The van der Waals surface area contributed by atoms with Gasteiger partial charge in [-0.05, 0) is 50.3 Å². The molecule has 1 heterocycles. The Morgan fingerprint density at radius 2 is 1.90 bits per heavy atom. The molecule has 11 heteroatoms. The molecule has 1 saturated heterocycles. The van der Waals surface area contributed by atoms with Crippen LogP contribution in [0.15, 0.2) is 24.3 Å². The monoisotopic (exact) mass is 455 g/mol. The van der Waals surface area contributed by atoms with E-state index in [4.69, 9.17) is 5.73 Å². The number of carbonyl (C=O) groups is 2. The summed E-state index contributed by atoms with van der Waals surface area (Å²) in [6, 6.07) is 4.70. The van der Waals surface area contributed by atoms with Gasteiger partial charge in [-0.2, -0.15) is 4.31 Å². The molecule has 1 saturated carbocycles. The third-order valence-electron chi connectivity index (χ3n) is 5.64. The molecule has 4 N–H and O–H groups in total. The summed E-state index contributed by atoms with van der Waals surface area (Å²) in [5.74, 6) is -1.17. The zero-order valence-corrected chi connectivity index (χ0v) is 18.4. The van der Waals surface area contributed by atoms with Gasteiger partial charge in [0.25, 0.3) is 5.91 Å². The molecule has 172 valence electrons. The van der Waals surface area contributed by atoms with E-state index in [1.165, 1.54) is 23.1 Å². The molecular weight excluding hydrogens is 425 g/mol. The Kier molecular flexibility index (Phi) is 7.50. The van der Waals surface area contributed by atoms with Gasteiger partial charge in [-0.25, -0.2) is 17.6 Å². The van der Waals surface area contributed by atoms with Gasteiger partial charge in [-0.1, -0.05) is 13.0 Å². The van der Waals surface area contributed by atoms with Crippen molar-refractivity contribution in [3.05, 3.63) is 30.1 Å². The summed E-state index contributed by atoms with van der Waals surface area (Å²) in [6.07, 6.45) is 2.06. The molecule has 1 aromatic carbocycles. The van der Waals surface area contributed by atoms with Crippen LogP contribution in [0.2, 0.25) is 0 Å². The van der Waals surface area contributed by atoms with Crippen molar-refractivity contribution in [3.8, 4) is 0 Å². The van der Waals surface area contributed by atoms with Crippen LogP contribution in [0.1, 0.15) is 39.0 Å². The van der Waals surface area contributed by atoms with Gasteiger partial charge in [0, 0.05) is 30.9 Å². The number of hydrogen-bond donors (Lipinski definition) is 3. The van der Waals surface area contributed by atoms with Crippen molar-refractivity contribution in [3.63, 3.8) is 0 Å². The number of halogens is 1. The average Bonchev–Trinajstić information content (AvgIpc) is 3.16. The summed E-state index contributed by atoms with van der Waals surface area (Å²) in [6.45, 7) is 1.81. The molecule has 0 spiro atoms. The van der Waals surface area contributed by atoms with Crippen molar-refractivity contribution >= 4 is 27.6 Å². The fraction of sp³-hybridized carbons (Fsp3) is 0.600. The highest BCUT2D eigenvalue weighted by molar-refractivity contribution is 7.89. The number of amides is 3. The third-order valence-corrected chi connectivity index (χ3v) is 7.66. The molecule has 1 aliphatic heterocycles. The highest BCUT2D eigenvalue weighted by atomic mass is 32.2. The predicted octanol–water partition coefficient (Wildman–Crippen LogP) is 1.43. The lowest BCUT2D eigenvalue weighted by molar-refractivity contribution is -0.128. The standard InChI is InChI=1S/C20H30FN5O4S/c1-2-12-31(29,30)26-11-10-25(20(28)24-17-5-3-4-14(21)13-17)19(26)18(27)23-16-8-6-15(22)7-9-16/h3-5,13,15-16,19H,2,6-12,22H2,1H3,(H,23,27)(H,24,28). The lowest BCUT2D eigenvalue weighted by Crippen LogP contribution is -2.57. The smallest absolute Gasteiger partial charge is 0.323 e. The van der Waals surface area contributed by atoms with E-state index in [0.717, 1.165) is 23.2 Å². The van der Waals surface area contributed by atoms with Crippen LogP contribution in [-0.2, 0) is 14.8 Å². The number of hydrogen-bond acceptors (Lipinski definition) is 5. The maximum absolute atomic E-state index is 13.5. The van der Waals surface area contributed by atoms with Gasteiger partial charge in [0.05, 0.1) is 5.75 Å². The minimum atomic E-state index is -3.73. The molecule has 3 rings (SSSR count). The zero-order valence-electron chi connectivity index (χ0n) is 17.6. The van der Waals surface area contributed by atoms with Crippen LogP contribution >= 0.6 is 0 Å². The number of nitrogens with one attached hydrogen (secondary N) is 2. The first-order chi connectivity index (χ1) is 14.7. The number of nitrogens with two attached hydrogens (primary N) is 1. The number of benzene rings is 1. The summed E-state index contributed by atoms with van der Waals surface area (Å²) in [4.78, 5) is 27.2. The van der Waals surface area contributed by atoms with Crippen molar-refractivity contribution in [1.29, 1.82) is 0 Å². The molecule has 2 aliphatic rings. The molecule has 1 atom stereocenters. The summed E-state index contributed by atoms with van der Waals surface area (Å²) in [5.41, 5.74) is 6.14. The molecular formula is C20H30FN5O4S. The van der Waals surface area contributed by atoms with Crippen LogP contribution in [0.4, 0.5) is 14.9 Å². The Balaban J connectivity index is 1.79. The van der Waals surface area contributed by atoms with Crippen molar-refractivity contribution in [2.75, 3.05) is 24.2 Å². The maximum atomic E-state index is 13.5. The number of nitrogens with zero attached hydrogens (tertiary/aromatic N) is 2. The predicted molar refractivity (Wildman–Crippen MR) is 115 cm³/mol. The average molecular weight is 456 g/mol. The van der Waals surface area contributed by atoms with Crippen LogP contribution in [0.25, 0.3) is 0 Å². The summed E-state index contributed by atoms with van der Waals surface area (Å²) < 4.78 is 40.1. The Morgan fingerprint density at radius 1 is 1.19 bits per heavy atom. The lowest BCUT2D eigenvalue weighted by atomic mass is 9.92. The summed E-state index contributed by atoms with van der Waals surface area (Å²) in [7, 11) is -3.73. The molecule has 0 aromatic heterocycles. The molecule has 1 aliphatic carbocycles. The van der Waals surface area contributed by atoms with Gasteiger partial charge >= 0.3 is 6.03 Å². The topological polar surface area (TPSA) is 125 Å². The normalized spacial score (nSPS) is 24.7. The van der Waals surface area contributed by atoms with Crippen molar-refractivity contribution in [1.82, 2.24) is 14.5 Å². The minimum absolute atomic E-state index is 0.0204. The van der Waals surface area contributed by atoms with Gasteiger partial charge in [0.15, 0.2) is 6.17 Å². The van der Waals surface area contributed by atoms with E-state index in [0.29, 0.717) is 19.3 Å². The van der Waals surface area contributed by atoms with E-state index in [1.54, 1.807) is 6.92 Å². The van der Waals surface area contributed by atoms with Crippen molar-refractivity contribution in [2.45, 2.75) is 57.3 Å². The van der Waals surface area contributed by atoms with Crippen LogP contribution in [0, 0.1) is 5.82 Å². The first kappa shape index (κ1) is 23.4. The molecule has 0 radical (unpaired) electrons. The Labute approximate surface area is 182 Å². The number of rotatable bonds is 6. The van der Waals surface area contributed by atoms with Gasteiger partial charge < -0.3 is 16.4 Å². The van der Waals surface area contributed by atoms with E-state index in [1.807, 2.05) is 0 Å². The summed E-state index contributed by atoms with van der Waals surface area (Å²) >= 11 is 0. The van der Waals surface area contributed by atoms with Crippen molar-refractivity contribution < 1.29 is 22.4 Å². The zero-order chi connectivity index (χ0) is 22.6. The van der Waals surface area contributed by atoms with Crippen molar-refractivity contribution in [2.24, 2.45) is 5.73 Å². The number of carbonyl (C=O) groups excluding carboxylic acids is 2. The van der Waals surface area contributed by atoms with Crippen LogP contribution in [-0.4, -0.2) is 66.7 Å².